The summed E-state index contributed by atoms with van der Waals surface area (Å²) < 4.78 is 39.2. The van der Waals surface area contributed by atoms with Crippen LogP contribution in [0.15, 0.2) is 40.9 Å². The van der Waals surface area contributed by atoms with Crippen molar-refractivity contribution in [2.24, 2.45) is 0 Å². The van der Waals surface area contributed by atoms with Gasteiger partial charge in [0.05, 0.1) is 4.47 Å². The molecule has 2 rings (SSSR count). The first-order chi connectivity index (χ1) is 8.54. The lowest BCUT2D eigenvalue weighted by Crippen LogP contribution is -2.00. The van der Waals surface area contributed by atoms with Gasteiger partial charge in [0.1, 0.15) is 17.5 Å². The Kier molecular flexibility index (Phi) is 3.91. The fourth-order valence-corrected chi connectivity index (χ4v) is 1.94. The van der Waals surface area contributed by atoms with Crippen LogP contribution in [0.2, 0.25) is 0 Å². The summed E-state index contributed by atoms with van der Waals surface area (Å²) in [7, 11) is 0. The van der Waals surface area contributed by atoms with Crippen LogP contribution in [0.1, 0.15) is 5.56 Å². The maximum atomic E-state index is 13.0. The van der Waals surface area contributed by atoms with E-state index in [1.54, 1.807) is 12.1 Å². The molecule has 0 amide bonds. The minimum atomic E-state index is -0.641. The molecule has 2 aromatic rings. The van der Waals surface area contributed by atoms with Crippen molar-refractivity contribution in [3.63, 3.8) is 0 Å². The van der Waals surface area contributed by atoms with E-state index in [-0.39, 0.29) is 5.82 Å². The first-order valence-corrected chi connectivity index (χ1v) is 5.98. The molecule has 0 aliphatic heterocycles. The fourth-order valence-electron chi connectivity index (χ4n) is 1.51. The second-order valence-corrected chi connectivity index (χ2v) is 4.61. The third-order valence-corrected chi connectivity index (χ3v) is 2.95. The van der Waals surface area contributed by atoms with Gasteiger partial charge in [-0.2, -0.15) is 0 Å². The van der Waals surface area contributed by atoms with Gasteiger partial charge in [0.2, 0.25) is 0 Å². The summed E-state index contributed by atoms with van der Waals surface area (Å²) >= 11 is 3.07. The maximum absolute atomic E-state index is 13.0. The molecule has 18 heavy (non-hydrogen) atoms. The molecule has 94 valence electrons. The lowest BCUT2D eigenvalue weighted by Gasteiger charge is -2.07. The van der Waals surface area contributed by atoms with Crippen LogP contribution in [-0.2, 0) is 6.54 Å². The monoisotopic (exact) mass is 315 g/mol. The molecule has 0 bridgehead atoms. The summed E-state index contributed by atoms with van der Waals surface area (Å²) in [6.07, 6.45) is 0. The molecule has 0 saturated heterocycles. The first-order valence-electron chi connectivity index (χ1n) is 5.18. The van der Waals surface area contributed by atoms with E-state index in [0.717, 1.165) is 11.6 Å². The van der Waals surface area contributed by atoms with Crippen LogP contribution in [-0.4, -0.2) is 0 Å². The Morgan fingerprint density at radius 1 is 0.944 bits per heavy atom. The number of nitrogens with one attached hydrogen (secondary N) is 1. The molecule has 0 atom stereocenters. The summed E-state index contributed by atoms with van der Waals surface area (Å²) in [5.41, 5.74) is 1.14. The predicted molar refractivity (Wildman–Crippen MR) is 67.8 cm³/mol. The number of benzene rings is 2. The Morgan fingerprint density at radius 2 is 1.61 bits per heavy atom. The van der Waals surface area contributed by atoms with E-state index in [4.69, 9.17) is 0 Å². The van der Waals surface area contributed by atoms with E-state index in [9.17, 15) is 13.2 Å². The molecule has 0 heterocycles. The van der Waals surface area contributed by atoms with Gasteiger partial charge >= 0.3 is 0 Å². The molecular formula is C13H9BrF3N. The van der Waals surface area contributed by atoms with Crippen LogP contribution in [0.25, 0.3) is 0 Å². The minimum absolute atomic E-state index is 0.341. The zero-order valence-electron chi connectivity index (χ0n) is 9.18. The van der Waals surface area contributed by atoms with Crippen LogP contribution >= 0.6 is 15.9 Å². The number of rotatable bonds is 3. The molecule has 0 fully saturated rings. The van der Waals surface area contributed by atoms with E-state index < -0.39 is 11.6 Å². The van der Waals surface area contributed by atoms with Crippen molar-refractivity contribution in [1.29, 1.82) is 0 Å². The van der Waals surface area contributed by atoms with E-state index in [2.05, 4.69) is 21.2 Å². The third kappa shape index (κ3) is 3.26. The Bertz CT molecular complexity index is 552. The highest BCUT2D eigenvalue weighted by Crippen LogP contribution is 2.18. The van der Waals surface area contributed by atoms with Crippen LogP contribution in [0.5, 0.6) is 0 Å². The molecule has 0 saturated carbocycles. The Morgan fingerprint density at radius 3 is 2.22 bits per heavy atom. The van der Waals surface area contributed by atoms with Gasteiger partial charge in [0.15, 0.2) is 0 Å². The number of hydrogen-bond acceptors (Lipinski definition) is 1. The molecule has 1 N–H and O–H groups in total. The van der Waals surface area contributed by atoms with Gasteiger partial charge in [-0.05, 0) is 45.8 Å². The van der Waals surface area contributed by atoms with Gasteiger partial charge in [-0.1, -0.05) is 6.07 Å². The first kappa shape index (κ1) is 13.0. The highest BCUT2D eigenvalue weighted by molar-refractivity contribution is 9.10. The Hall–Kier alpha value is -1.49. The van der Waals surface area contributed by atoms with Crippen molar-refractivity contribution in [3.05, 3.63) is 63.9 Å². The van der Waals surface area contributed by atoms with Crippen molar-refractivity contribution in [2.45, 2.75) is 6.54 Å². The zero-order valence-corrected chi connectivity index (χ0v) is 10.8. The van der Waals surface area contributed by atoms with Crippen LogP contribution in [0.3, 0.4) is 0 Å². The van der Waals surface area contributed by atoms with Crippen molar-refractivity contribution in [2.75, 3.05) is 5.32 Å². The fraction of sp³-hybridized carbons (Fsp3) is 0.0769. The minimum Gasteiger partial charge on any atom is -0.381 e. The summed E-state index contributed by atoms with van der Waals surface area (Å²) in [6.45, 7) is 0.349. The molecule has 0 radical (unpaired) electrons. The molecule has 0 unspecified atom stereocenters. The second kappa shape index (κ2) is 5.44. The average molecular weight is 316 g/mol. The Balaban J connectivity index is 2.08. The second-order valence-electron chi connectivity index (χ2n) is 3.76. The Labute approximate surface area is 111 Å². The molecule has 5 heteroatoms. The average Bonchev–Trinajstić information content (AvgIpc) is 2.29. The van der Waals surface area contributed by atoms with Gasteiger partial charge in [0, 0.05) is 18.3 Å². The quantitative estimate of drug-likeness (QED) is 0.880. The highest BCUT2D eigenvalue weighted by atomic mass is 79.9. The van der Waals surface area contributed by atoms with Crippen molar-refractivity contribution < 1.29 is 13.2 Å². The maximum Gasteiger partial charge on any atom is 0.137 e. The van der Waals surface area contributed by atoms with E-state index >= 15 is 0 Å². The molecule has 0 aromatic heterocycles. The van der Waals surface area contributed by atoms with Crippen molar-refractivity contribution >= 4 is 21.6 Å². The normalized spacial score (nSPS) is 10.4. The van der Waals surface area contributed by atoms with E-state index in [0.29, 0.717) is 16.7 Å². The SMILES string of the molecule is Fc1cc(F)cc(NCc2ccc(F)c(Br)c2)c1. The van der Waals surface area contributed by atoms with Gasteiger partial charge in [0.25, 0.3) is 0 Å². The standard InChI is InChI=1S/C13H9BrF3N/c14-12-3-8(1-2-13(12)17)7-18-11-5-9(15)4-10(16)6-11/h1-6,18H,7H2. The molecule has 0 spiro atoms. The number of halogens is 4. The summed E-state index contributed by atoms with van der Waals surface area (Å²) in [5.74, 6) is -1.63. The summed E-state index contributed by atoms with van der Waals surface area (Å²) in [4.78, 5) is 0. The molecule has 0 aliphatic rings. The van der Waals surface area contributed by atoms with Gasteiger partial charge in [-0.15, -0.1) is 0 Å². The van der Waals surface area contributed by atoms with Crippen LogP contribution in [0.4, 0.5) is 18.9 Å². The van der Waals surface area contributed by atoms with Crippen molar-refractivity contribution in [3.8, 4) is 0 Å². The van der Waals surface area contributed by atoms with Crippen LogP contribution in [0, 0.1) is 17.5 Å². The van der Waals surface area contributed by atoms with Crippen molar-refractivity contribution in [1.82, 2.24) is 0 Å². The molecule has 2 aromatic carbocycles. The number of hydrogen-bond donors (Lipinski definition) is 1. The topological polar surface area (TPSA) is 12.0 Å². The van der Waals surface area contributed by atoms with Gasteiger partial charge in [-0.3, -0.25) is 0 Å². The predicted octanol–water partition coefficient (Wildman–Crippen LogP) is 4.48. The largest absolute Gasteiger partial charge is 0.381 e. The van der Waals surface area contributed by atoms with Crippen LogP contribution < -0.4 is 5.32 Å². The molecule has 1 nitrogen and oxygen atoms in total. The molecular weight excluding hydrogens is 307 g/mol. The van der Waals surface area contributed by atoms with E-state index in [1.807, 2.05) is 0 Å². The smallest absolute Gasteiger partial charge is 0.137 e. The number of anilines is 1. The van der Waals surface area contributed by atoms with Gasteiger partial charge in [-0.25, -0.2) is 13.2 Å². The highest BCUT2D eigenvalue weighted by Gasteiger charge is 2.02. The lowest BCUT2D eigenvalue weighted by molar-refractivity contribution is 0.584. The lowest BCUT2D eigenvalue weighted by atomic mass is 10.2. The van der Waals surface area contributed by atoms with Gasteiger partial charge < -0.3 is 5.32 Å². The molecule has 0 aliphatic carbocycles. The zero-order chi connectivity index (χ0) is 13.1. The summed E-state index contributed by atoms with van der Waals surface area (Å²) in [6, 6.07) is 7.73. The third-order valence-electron chi connectivity index (χ3n) is 2.34. The van der Waals surface area contributed by atoms with E-state index in [1.165, 1.54) is 18.2 Å². The summed E-state index contributed by atoms with van der Waals surface area (Å²) in [5, 5.41) is 2.87.